The SMILES string of the molecule is C=CCN(CCC)C(=O)[C@H]1[C@@H]2SC3(CC2Br)C(C(=O)N(CC=C)c2ccc(Cl)cc2)N(CCCCO)C(=O)[C@H]13. The van der Waals surface area contributed by atoms with Crippen molar-refractivity contribution < 1.29 is 19.5 Å². The van der Waals surface area contributed by atoms with Crippen LogP contribution in [0.1, 0.15) is 32.6 Å². The first-order chi connectivity index (χ1) is 18.7. The van der Waals surface area contributed by atoms with Crippen molar-refractivity contribution in [1.82, 2.24) is 9.80 Å². The number of hydrogen-bond acceptors (Lipinski definition) is 5. The molecule has 1 N–H and O–H groups in total. The summed E-state index contributed by atoms with van der Waals surface area (Å²) in [6.45, 7) is 11.4. The number of halogens is 2. The lowest BCUT2D eigenvalue weighted by Crippen LogP contribution is -2.56. The molecule has 212 valence electrons. The number of benzene rings is 1. The highest BCUT2D eigenvalue weighted by Crippen LogP contribution is 2.68. The van der Waals surface area contributed by atoms with Crippen molar-refractivity contribution >= 4 is 62.7 Å². The standard InChI is InChI=1S/C29H37BrClN3O4S/c1-4-13-32(14-5-2)26(36)22-23-27(37)34(16-7-8-17-35)25(29(23)18-21(30)24(22)39-29)28(38)33(15-6-3)20-11-9-19(31)10-12-20/h4,6,9-12,21-25,35H,1,3,5,7-8,13-18H2,2H3/t21?,22-,23+,24-,25?,29?/m1/s1. The number of amides is 3. The molecule has 2 bridgehead atoms. The average Bonchev–Trinajstić information content (AvgIpc) is 3.50. The Balaban J connectivity index is 1.77. The van der Waals surface area contributed by atoms with Gasteiger partial charge in [0.1, 0.15) is 6.04 Å². The number of anilines is 1. The van der Waals surface area contributed by atoms with Crippen molar-refractivity contribution in [2.75, 3.05) is 37.7 Å². The second-order valence-electron chi connectivity index (χ2n) is 10.4. The Hall–Kier alpha value is -1.81. The molecule has 0 aromatic heterocycles. The van der Waals surface area contributed by atoms with Crippen LogP contribution in [-0.4, -0.2) is 86.3 Å². The minimum Gasteiger partial charge on any atom is -0.396 e. The molecule has 3 fully saturated rings. The maximum atomic E-state index is 14.5. The average molecular weight is 639 g/mol. The third-order valence-corrected chi connectivity index (χ3v) is 11.5. The van der Waals surface area contributed by atoms with Gasteiger partial charge in [-0.15, -0.1) is 24.9 Å². The van der Waals surface area contributed by atoms with Crippen molar-refractivity contribution in [2.24, 2.45) is 11.8 Å². The lowest BCUT2D eigenvalue weighted by molar-refractivity contribution is -0.143. The van der Waals surface area contributed by atoms with Gasteiger partial charge in [-0.25, -0.2) is 0 Å². The Kier molecular flexibility index (Phi) is 9.89. The number of carbonyl (C=O) groups excluding carboxylic acids is 3. The van der Waals surface area contributed by atoms with E-state index in [1.807, 2.05) is 6.92 Å². The molecule has 6 atom stereocenters. The first-order valence-electron chi connectivity index (χ1n) is 13.6. The zero-order valence-electron chi connectivity index (χ0n) is 22.3. The molecule has 3 aliphatic rings. The highest BCUT2D eigenvalue weighted by molar-refractivity contribution is 9.09. The van der Waals surface area contributed by atoms with Gasteiger partial charge in [0.05, 0.1) is 16.6 Å². The summed E-state index contributed by atoms with van der Waals surface area (Å²) in [7, 11) is 0. The lowest BCUT2D eigenvalue weighted by atomic mass is 9.70. The van der Waals surface area contributed by atoms with E-state index in [2.05, 4.69) is 29.1 Å². The van der Waals surface area contributed by atoms with Gasteiger partial charge in [-0.1, -0.05) is 46.6 Å². The van der Waals surface area contributed by atoms with Gasteiger partial charge in [0.25, 0.3) is 5.91 Å². The summed E-state index contributed by atoms with van der Waals surface area (Å²) in [5.41, 5.74) is 0.674. The fourth-order valence-electron chi connectivity index (χ4n) is 6.47. The number of aliphatic hydroxyl groups is 1. The summed E-state index contributed by atoms with van der Waals surface area (Å²) in [5.74, 6) is -1.47. The van der Waals surface area contributed by atoms with E-state index >= 15 is 0 Å². The van der Waals surface area contributed by atoms with E-state index in [0.717, 1.165) is 6.42 Å². The highest BCUT2D eigenvalue weighted by atomic mass is 79.9. The van der Waals surface area contributed by atoms with Crippen LogP contribution in [-0.2, 0) is 14.4 Å². The number of thioether (sulfide) groups is 1. The largest absolute Gasteiger partial charge is 0.396 e. The zero-order valence-corrected chi connectivity index (χ0v) is 25.5. The third-order valence-electron chi connectivity index (χ3n) is 7.99. The molecular formula is C29H37BrClN3O4S. The number of likely N-dealkylation sites (tertiary alicyclic amines) is 1. The first kappa shape index (κ1) is 30.2. The van der Waals surface area contributed by atoms with Crippen LogP contribution < -0.4 is 4.90 Å². The number of hydrogen-bond donors (Lipinski definition) is 1. The molecule has 0 radical (unpaired) electrons. The topological polar surface area (TPSA) is 81.2 Å². The molecule has 3 amide bonds. The summed E-state index contributed by atoms with van der Waals surface area (Å²) in [5, 5.41) is 9.88. The van der Waals surface area contributed by atoms with Crippen molar-refractivity contribution in [2.45, 2.75) is 53.5 Å². The highest BCUT2D eigenvalue weighted by Gasteiger charge is 2.76. The third kappa shape index (κ3) is 5.44. The van der Waals surface area contributed by atoms with Gasteiger partial charge in [0.2, 0.25) is 11.8 Å². The number of carbonyl (C=O) groups is 3. The molecule has 0 saturated carbocycles. The molecule has 1 aromatic rings. The van der Waals surface area contributed by atoms with Crippen LogP contribution in [0.15, 0.2) is 49.6 Å². The summed E-state index contributed by atoms with van der Waals surface area (Å²) in [6.07, 6.45) is 5.91. The summed E-state index contributed by atoms with van der Waals surface area (Å²) in [4.78, 5) is 47.9. The van der Waals surface area contributed by atoms with Crippen LogP contribution in [0.25, 0.3) is 0 Å². The van der Waals surface area contributed by atoms with Crippen LogP contribution in [0, 0.1) is 11.8 Å². The molecule has 4 rings (SSSR count). The van der Waals surface area contributed by atoms with E-state index < -0.39 is 22.6 Å². The molecule has 10 heteroatoms. The predicted octanol–water partition coefficient (Wildman–Crippen LogP) is 4.52. The molecule has 39 heavy (non-hydrogen) atoms. The van der Waals surface area contributed by atoms with Crippen molar-refractivity contribution in [3.05, 3.63) is 54.6 Å². The normalized spacial score (nSPS) is 28.9. The van der Waals surface area contributed by atoms with E-state index in [4.69, 9.17) is 11.6 Å². The molecule has 3 unspecified atom stereocenters. The molecular weight excluding hydrogens is 602 g/mol. The van der Waals surface area contributed by atoms with Gasteiger partial charge >= 0.3 is 0 Å². The van der Waals surface area contributed by atoms with Crippen LogP contribution in [0.3, 0.4) is 0 Å². The molecule has 3 aliphatic heterocycles. The van der Waals surface area contributed by atoms with Gasteiger partial charge in [0, 0.05) is 53.6 Å². The first-order valence-corrected chi connectivity index (χ1v) is 15.7. The minimum atomic E-state index is -0.740. The van der Waals surface area contributed by atoms with Gasteiger partial charge in [0.15, 0.2) is 0 Å². The summed E-state index contributed by atoms with van der Waals surface area (Å²) in [6, 6.07) is 6.32. The Morgan fingerprint density at radius 1 is 1.21 bits per heavy atom. The molecule has 1 aromatic carbocycles. The van der Waals surface area contributed by atoms with Gasteiger partial charge in [-0.3, -0.25) is 14.4 Å². The van der Waals surface area contributed by atoms with E-state index in [-0.39, 0.29) is 41.0 Å². The van der Waals surface area contributed by atoms with Crippen LogP contribution in [0.4, 0.5) is 5.69 Å². The second kappa shape index (κ2) is 12.8. The fraction of sp³-hybridized carbons (Fsp3) is 0.552. The zero-order chi connectivity index (χ0) is 28.3. The van der Waals surface area contributed by atoms with Gasteiger partial charge < -0.3 is 19.8 Å². The number of unbranched alkanes of at least 4 members (excludes halogenated alkanes) is 1. The molecule has 7 nitrogen and oxygen atoms in total. The Morgan fingerprint density at radius 3 is 2.51 bits per heavy atom. The second-order valence-corrected chi connectivity index (χ2v) is 13.6. The monoisotopic (exact) mass is 637 g/mol. The number of rotatable bonds is 13. The van der Waals surface area contributed by atoms with Crippen molar-refractivity contribution in [3.8, 4) is 0 Å². The Bertz CT molecular complexity index is 1100. The van der Waals surface area contributed by atoms with Gasteiger partial charge in [-0.2, -0.15) is 0 Å². The maximum absolute atomic E-state index is 14.5. The molecule has 3 saturated heterocycles. The van der Waals surface area contributed by atoms with Gasteiger partial charge in [-0.05, 0) is 49.9 Å². The number of aliphatic hydroxyl groups excluding tert-OH is 1. The summed E-state index contributed by atoms with van der Waals surface area (Å²) >= 11 is 11.6. The quantitative estimate of drug-likeness (QED) is 0.195. The van der Waals surface area contributed by atoms with E-state index in [0.29, 0.717) is 49.6 Å². The smallest absolute Gasteiger partial charge is 0.251 e. The molecule has 0 aliphatic carbocycles. The van der Waals surface area contributed by atoms with E-state index in [1.165, 1.54) is 0 Å². The predicted molar refractivity (Wildman–Crippen MR) is 161 cm³/mol. The lowest BCUT2D eigenvalue weighted by Gasteiger charge is -2.38. The Labute approximate surface area is 248 Å². The number of alkyl halides is 1. The maximum Gasteiger partial charge on any atom is 0.251 e. The summed E-state index contributed by atoms with van der Waals surface area (Å²) < 4.78 is -0.732. The number of nitrogens with zero attached hydrogens (tertiary/aromatic N) is 3. The molecule has 1 spiro atoms. The van der Waals surface area contributed by atoms with Crippen LogP contribution in [0.5, 0.6) is 0 Å². The van der Waals surface area contributed by atoms with E-state index in [9.17, 15) is 19.5 Å². The fourth-order valence-corrected chi connectivity index (χ4v) is 10.2. The van der Waals surface area contributed by atoms with Crippen molar-refractivity contribution in [3.63, 3.8) is 0 Å². The number of fused-ring (bicyclic) bond motifs is 1. The van der Waals surface area contributed by atoms with Crippen LogP contribution in [0.2, 0.25) is 5.02 Å². The Morgan fingerprint density at radius 2 is 1.90 bits per heavy atom. The minimum absolute atomic E-state index is 0.00351. The van der Waals surface area contributed by atoms with Crippen LogP contribution >= 0.6 is 39.3 Å². The van der Waals surface area contributed by atoms with E-state index in [1.54, 1.807) is 62.9 Å². The molecule has 3 heterocycles. The van der Waals surface area contributed by atoms with Crippen molar-refractivity contribution in [1.29, 1.82) is 0 Å².